The third-order valence-electron chi connectivity index (χ3n) is 1.68. The summed E-state index contributed by atoms with van der Waals surface area (Å²) in [4.78, 5) is 31.4. The second-order valence-electron chi connectivity index (χ2n) is 3.01. The van der Waals surface area contributed by atoms with E-state index in [1.165, 1.54) is 12.1 Å². The zero-order valence-electron chi connectivity index (χ0n) is 9.64. The molecule has 7 N–H and O–H groups in total. The monoisotopic (exact) mass is 254 g/mol. The number of benzene rings is 1. The fourth-order valence-electron chi connectivity index (χ4n) is 1.03. The Morgan fingerprint density at radius 1 is 1.00 bits per heavy atom. The summed E-state index contributed by atoms with van der Waals surface area (Å²) in [6.07, 6.45) is 0. The van der Waals surface area contributed by atoms with Gasteiger partial charge in [-0.25, -0.2) is 11.7 Å². The molecular formula is C10H14N4O4. The maximum absolute atomic E-state index is 11.2. The third kappa shape index (κ3) is 5.05. The number of hydrogen-bond acceptors (Lipinski definition) is 5. The van der Waals surface area contributed by atoms with Crippen molar-refractivity contribution < 1.29 is 19.5 Å². The van der Waals surface area contributed by atoms with E-state index in [2.05, 4.69) is 0 Å². The van der Waals surface area contributed by atoms with Gasteiger partial charge in [0.05, 0.1) is 11.1 Å². The normalized spacial score (nSPS) is 8.61. The number of rotatable bonds is 2. The summed E-state index contributed by atoms with van der Waals surface area (Å²) in [6.45, 7) is 1.08. The van der Waals surface area contributed by atoms with Crippen molar-refractivity contribution in [2.75, 3.05) is 0 Å². The van der Waals surface area contributed by atoms with Crippen LogP contribution in [0.4, 0.5) is 0 Å². The first-order chi connectivity index (χ1) is 8.43. The van der Waals surface area contributed by atoms with Crippen LogP contribution in [0.2, 0.25) is 0 Å². The van der Waals surface area contributed by atoms with Gasteiger partial charge in [0.25, 0.3) is 17.8 Å². The van der Waals surface area contributed by atoms with Crippen molar-refractivity contribution in [2.24, 2.45) is 11.7 Å². The Kier molecular flexibility index (Phi) is 6.71. The average Bonchev–Trinajstić information content (AvgIpc) is 2.36. The topological polar surface area (TPSA) is 148 Å². The molecule has 0 fully saturated rings. The van der Waals surface area contributed by atoms with Gasteiger partial charge in [-0.1, -0.05) is 12.1 Å². The minimum Gasteiger partial charge on any atom is -0.481 e. The van der Waals surface area contributed by atoms with Crippen LogP contribution in [0.1, 0.15) is 27.6 Å². The minimum atomic E-state index is -0.833. The molecule has 18 heavy (non-hydrogen) atoms. The van der Waals surface area contributed by atoms with Crippen LogP contribution in [0.25, 0.3) is 0 Å². The number of carbonyl (C=O) groups is 3. The Hall–Kier alpha value is -2.45. The predicted octanol–water partition coefficient (Wildman–Crippen LogP) is -1.02. The maximum atomic E-state index is 11.2. The van der Waals surface area contributed by atoms with Gasteiger partial charge in [-0.15, -0.1) is 0 Å². The molecule has 0 aliphatic rings. The van der Waals surface area contributed by atoms with Gasteiger partial charge in [-0.3, -0.25) is 25.2 Å². The fourth-order valence-corrected chi connectivity index (χ4v) is 1.03. The number of carboxylic acids is 1. The second-order valence-corrected chi connectivity index (χ2v) is 3.01. The SMILES string of the molecule is CC(=O)O.NNC(=O)c1ccccc1C(=O)NN. The van der Waals surface area contributed by atoms with E-state index in [-0.39, 0.29) is 11.1 Å². The Balaban J connectivity index is 0.000000631. The summed E-state index contributed by atoms with van der Waals surface area (Å²) in [5.74, 6) is 8.00. The number of aliphatic carboxylic acids is 1. The Labute approximate surface area is 103 Å². The van der Waals surface area contributed by atoms with Crippen LogP contribution < -0.4 is 22.5 Å². The molecule has 0 radical (unpaired) electrons. The van der Waals surface area contributed by atoms with Crippen LogP contribution >= 0.6 is 0 Å². The first-order valence-corrected chi connectivity index (χ1v) is 4.74. The highest BCUT2D eigenvalue weighted by Crippen LogP contribution is 2.07. The Morgan fingerprint density at radius 3 is 1.50 bits per heavy atom. The summed E-state index contributed by atoms with van der Waals surface area (Å²) in [5, 5.41) is 7.42. The number of hydrazine groups is 2. The van der Waals surface area contributed by atoms with Gasteiger partial charge in [0.15, 0.2) is 0 Å². The smallest absolute Gasteiger partial charge is 0.300 e. The Bertz CT molecular complexity index is 408. The molecule has 0 aliphatic carbocycles. The molecule has 0 atom stereocenters. The molecule has 0 saturated heterocycles. The lowest BCUT2D eigenvalue weighted by Crippen LogP contribution is -2.35. The summed E-state index contributed by atoms with van der Waals surface area (Å²) in [6, 6.07) is 6.20. The van der Waals surface area contributed by atoms with Gasteiger partial charge in [-0.05, 0) is 12.1 Å². The number of nitrogens with one attached hydrogen (secondary N) is 2. The average molecular weight is 254 g/mol. The van der Waals surface area contributed by atoms with Crippen LogP contribution in [-0.2, 0) is 4.79 Å². The summed E-state index contributed by atoms with van der Waals surface area (Å²) < 4.78 is 0. The van der Waals surface area contributed by atoms with Crippen LogP contribution in [0, 0.1) is 0 Å². The molecule has 0 spiro atoms. The van der Waals surface area contributed by atoms with Gasteiger partial charge in [0, 0.05) is 6.92 Å². The molecule has 0 saturated carbocycles. The molecule has 0 aliphatic heterocycles. The molecule has 0 unspecified atom stereocenters. The van der Waals surface area contributed by atoms with Crippen molar-refractivity contribution in [3.63, 3.8) is 0 Å². The molecule has 2 amide bonds. The predicted molar refractivity (Wildman–Crippen MR) is 63.1 cm³/mol. The largest absolute Gasteiger partial charge is 0.481 e. The molecule has 8 nitrogen and oxygen atoms in total. The van der Waals surface area contributed by atoms with Gasteiger partial charge in [0.2, 0.25) is 0 Å². The van der Waals surface area contributed by atoms with Crippen molar-refractivity contribution >= 4 is 17.8 Å². The molecule has 1 rings (SSSR count). The number of carboxylic acid groups (broad SMARTS) is 1. The highest BCUT2D eigenvalue weighted by molar-refractivity contribution is 6.06. The van der Waals surface area contributed by atoms with E-state index in [0.29, 0.717) is 0 Å². The lowest BCUT2D eigenvalue weighted by molar-refractivity contribution is -0.134. The minimum absolute atomic E-state index is 0.179. The van der Waals surface area contributed by atoms with Gasteiger partial charge in [0.1, 0.15) is 0 Å². The lowest BCUT2D eigenvalue weighted by Gasteiger charge is -2.05. The second kappa shape index (κ2) is 7.76. The van der Waals surface area contributed by atoms with Crippen molar-refractivity contribution in [3.8, 4) is 0 Å². The van der Waals surface area contributed by atoms with Crippen LogP contribution in [-0.4, -0.2) is 22.9 Å². The quantitative estimate of drug-likeness (QED) is 0.259. The van der Waals surface area contributed by atoms with Crippen molar-refractivity contribution in [1.29, 1.82) is 0 Å². The number of nitrogen functional groups attached to an aromatic ring is 2. The number of amides is 2. The number of hydrogen-bond donors (Lipinski definition) is 5. The molecule has 98 valence electrons. The first kappa shape index (κ1) is 15.6. The lowest BCUT2D eigenvalue weighted by atomic mass is 10.1. The highest BCUT2D eigenvalue weighted by atomic mass is 16.4. The van der Waals surface area contributed by atoms with E-state index >= 15 is 0 Å². The van der Waals surface area contributed by atoms with E-state index in [4.69, 9.17) is 21.6 Å². The molecule has 8 heteroatoms. The number of carbonyl (C=O) groups excluding carboxylic acids is 2. The van der Waals surface area contributed by atoms with Crippen LogP contribution in [0.5, 0.6) is 0 Å². The summed E-state index contributed by atoms with van der Waals surface area (Å²) in [5.41, 5.74) is 4.24. The third-order valence-corrected chi connectivity index (χ3v) is 1.68. The first-order valence-electron chi connectivity index (χ1n) is 4.74. The van der Waals surface area contributed by atoms with Crippen LogP contribution in [0.15, 0.2) is 24.3 Å². The van der Waals surface area contributed by atoms with E-state index in [9.17, 15) is 9.59 Å². The highest BCUT2D eigenvalue weighted by Gasteiger charge is 2.14. The summed E-state index contributed by atoms with van der Waals surface area (Å²) in [7, 11) is 0. The fraction of sp³-hybridized carbons (Fsp3) is 0.100. The molecule has 0 bridgehead atoms. The van der Waals surface area contributed by atoms with Gasteiger partial charge < -0.3 is 5.11 Å². The van der Waals surface area contributed by atoms with E-state index < -0.39 is 17.8 Å². The molecule has 0 heterocycles. The number of nitrogens with two attached hydrogens (primary N) is 2. The molecule has 1 aromatic carbocycles. The summed E-state index contributed by atoms with van der Waals surface area (Å²) >= 11 is 0. The zero-order chi connectivity index (χ0) is 14.1. The van der Waals surface area contributed by atoms with Crippen molar-refractivity contribution in [3.05, 3.63) is 35.4 Å². The van der Waals surface area contributed by atoms with Crippen molar-refractivity contribution in [2.45, 2.75) is 6.92 Å². The maximum Gasteiger partial charge on any atom is 0.300 e. The standard InChI is InChI=1S/C8H10N4O2.C2H4O2/c9-11-7(13)5-3-1-2-4-6(5)8(14)12-10;1-2(3)4/h1-4H,9-10H2,(H,11,13)(H,12,14);1H3,(H,3,4). The van der Waals surface area contributed by atoms with Crippen LogP contribution in [0.3, 0.4) is 0 Å². The van der Waals surface area contributed by atoms with E-state index in [1.54, 1.807) is 12.1 Å². The molecule has 1 aromatic rings. The zero-order valence-corrected chi connectivity index (χ0v) is 9.64. The molecular weight excluding hydrogens is 240 g/mol. The van der Waals surface area contributed by atoms with E-state index in [0.717, 1.165) is 6.92 Å². The van der Waals surface area contributed by atoms with Gasteiger partial charge in [-0.2, -0.15) is 0 Å². The Morgan fingerprint density at radius 2 is 1.28 bits per heavy atom. The van der Waals surface area contributed by atoms with E-state index in [1.807, 2.05) is 10.9 Å². The van der Waals surface area contributed by atoms with Crippen molar-refractivity contribution in [1.82, 2.24) is 10.9 Å². The molecule has 0 aromatic heterocycles. The van der Waals surface area contributed by atoms with Gasteiger partial charge >= 0.3 is 0 Å².